The second kappa shape index (κ2) is 9.89. The number of nitrogens with zero attached hydrogens (tertiary/aromatic N) is 1. The number of hydrogen-bond donors (Lipinski definition) is 1. The summed E-state index contributed by atoms with van der Waals surface area (Å²) in [4.78, 5) is 26.2. The number of amides is 1. The minimum Gasteiger partial charge on any atom is -0.482 e. The molecule has 4 rings (SSSR count). The number of alkyl halides is 3. The first-order valence-electron chi connectivity index (χ1n) is 11.7. The molecular formula is C28H26F3NO5. The third-order valence-electron chi connectivity index (χ3n) is 6.66. The Balaban J connectivity index is 1.97. The van der Waals surface area contributed by atoms with Crippen molar-refractivity contribution in [3.8, 4) is 16.9 Å². The molecule has 1 N–H and O–H groups in total. The van der Waals surface area contributed by atoms with Crippen molar-refractivity contribution in [2.24, 2.45) is 0 Å². The highest BCUT2D eigenvalue weighted by atomic mass is 19.4. The molecule has 2 unspecified atom stereocenters. The molecule has 1 aliphatic heterocycles. The molecule has 0 bridgehead atoms. The lowest BCUT2D eigenvalue weighted by molar-refractivity contribution is -0.274. The van der Waals surface area contributed by atoms with E-state index in [1.165, 1.54) is 31.0 Å². The zero-order valence-electron chi connectivity index (χ0n) is 20.5. The molecule has 3 aromatic rings. The SMILES string of the molecule is CCOC(=O)c1cccc(-c2ccccc2)c1C(C)C(O)(c1ccc2c(c1)N(C)C(=O)CO2)C(F)(F)F. The summed E-state index contributed by atoms with van der Waals surface area (Å²) in [5.74, 6) is -2.67. The molecule has 1 heterocycles. The van der Waals surface area contributed by atoms with Crippen molar-refractivity contribution in [3.63, 3.8) is 0 Å². The number of fused-ring (bicyclic) bond motifs is 1. The zero-order valence-corrected chi connectivity index (χ0v) is 20.5. The molecule has 194 valence electrons. The highest BCUT2D eigenvalue weighted by Gasteiger charge is 2.59. The standard InChI is InChI=1S/C28H26F3NO5/c1-4-36-26(34)21-12-8-11-20(18-9-6-5-7-10-18)25(21)17(2)27(35,28(29,30)31)19-13-14-23-22(15-19)32(3)24(33)16-37-23/h5-15,17,35H,4,16H2,1-3H3. The van der Waals surface area contributed by atoms with Crippen LogP contribution in [0.5, 0.6) is 5.75 Å². The fourth-order valence-corrected chi connectivity index (χ4v) is 4.67. The molecule has 9 heteroatoms. The highest BCUT2D eigenvalue weighted by Crippen LogP contribution is 2.52. The normalized spacial score (nSPS) is 15.9. The van der Waals surface area contributed by atoms with Gasteiger partial charge in [0.25, 0.3) is 5.91 Å². The molecule has 2 atom stereocenters. The van der Waals surface area contributed by atoms with Crippen LogP contribution in [0.3, 0.4) is 0 Å². The quantitative estimate of drug-likeness (QED) is 0.445. The Morgan fingerprint density at radius 2 is 1.81 bits per heavy atom. The smallest absolute Gasteiger partial charge is 0.422 e. The topological polar surface area (TPSA) is 76.1 Å². The van der Waals surface area contributed by atoms with E-state index < -0.39 is 35.1 Å². The molecule has 0 aliphatic carbocycles. The second-order valence-electron chi connectivity index (χ2n) is 8.76. The summed E-state index contributed by atoms with van der Waals surface area (Å²) in [5, 5.41) is 11.6. The summed E-state index contributed by atoms with van der Waals surface area (Å²) in [5.41, 5.74) is -2.98. The number of aliphatic hydroxyl groups is 1. The summed E-state index contributed by atoms with van der Waals surface area (Å²) in [6.45, 7) is 2.61. The second-order valence-corrected chi connectivity index (χ2v) is 8.76. The van der Waals surface area contributed by atoms with Crippen molar-refractivity contribution in [1.82, 2.24) is 0 Å². The molecule has 0 saturated carbocycles. The van der Waals surface area contributed by atoms with Crippen molar-refractivity contribution in [3.05, 3.63) is 83.4 Å². The number of halogens is 3. The van der Waals surface area contributed by atoms with E-state index in [-0.39, 0.29) is 35.8 Å². The van der Waals surface area contributed by atoms with Crippen LogP contribution in [-0.2, 0) is 15.1 Å². The number of ether oxygens (including phenoxy) is 2. The molecular weight excluding hydrogens is 487 g/mol. The minimum absolute atomic E-state index is 0.00891. The molecule has 1 amide bonds. The number of rotatable bonds is 6. The summed E-state index contributed by atoms with van der Waals surface area (Å²) in [7, 11) is 1.42. The number of carbonyl (C=O) groups is 2. The van der Waals surface area contributed by atoms with Gasteiger partial charge in [0.15, 0.2) is 12.2 Å². The first-order valence-corrected chi connectivity index (χ1v) is 11.7. The number of carbonyl (C=O) groups excluding carboxylic acids is 2. The van der Waals surface area contributed by atoms with Crippen molar-refractivity contribution >= 4 is 17.6 Å². The van der Waals surface area contributed by atoms with Crippen LogP contribution in [0.2, 0.25) is 0 Å². The first-order chi connectivity index (χ1) is 17.5. The van der Waals surface area contributed by atoms with Crippen LogP contribution in [0, 0.1) is 0 Å². The molecule has 6 nitrogen and oxygen atoms in total. The molecule has 0 fully saturated rings. The van der Waals surface area contributed by atoms with Crippen LogP contribution in [0.25, 0.3) is 11.1 Å². The monoisotopic (exact) mass is 513 g/mol. The third-order valence-corrected chi connectivity index (χ3v) is 6.66. The van der Waals surface area contributed by atoms with Crippen LogP contribution in [-0.4, -0.2) is 43.4 Å². The summed E-state index contributed by atoms with van der Waals surface area (Å²) in [6.07, 6.45) is -5.16. The van der Waals surface area contributed by atoms with Gasteiger partial charge >= 0.3 is 12.1 Å². The Hall–Kier alpha value is -3.85. The van der Waals surface area contributed by atoms with Crippen LogP contribution in [0.15, 0.2) is 66.7 Å². The van der Waals surface area contributed by atoms with Gasteiger partial charge in [0.1, 0.15) is 5.75 Å². The van der Waals surface area contributed by atoms with Crippen molar-refractivity contribution in [1.29, 1.82) is 0 Å². The van der Waals surface area contributed by atoms with E-state index in [0.29, 0.717) is 11.1 Å². The van der Waals surface area contributed by atoms with Gasteiger partial charge in [-0.05, 0) is 47.4 Å². The van der Waals surface area contributed by atoms with E-state index in [9.17, 15) is 27.9 Å². The van der Waals surface area contributed by atoms with E-state index in [2.05, 4.69) is 0 Å². The van der Waals surface area contributed by atoms with E-state index in [1.54, 1.807) is 49.4 Å². The lowest BCUT2D eigenvalue weighted by Crippen LogP contribution is -2.47. The lowest BCUT2D eigenvalue weighted by Gasteiger charge is -2.39. The van der Waals surface area contributed by atoms with E-state index in [0.717, 1.165) is 12.1 Å². The predicted octanol–water partition coefficient (Wildman–Crippen LogP) is 5.44. The van der Waals surface area contributed by atoms with E-state index in [1.807, 2.05) is 0 Å². The number of benzene rings is 3. The van der Waals surface area contributed by atoms with Gasteiger partial charge in [0, 0.05) is 13.0 Å². The Bertz CT molecular complexity index is 1330. The summed E-state index contributed by atoms with van der Waals surface area (Å²) in [6, 6.07) is 16.7. The van der Waals surface area contributed by atoms with E-state index in [4.69, 9.17) is 9.47 Å². The van der Waals surface area contributed by atoms with Crippen LogP contribution >= 0.6 is 0 Å². The van der Waals surface area contributed by atoms with Crippen LogP contribution in [0.1, 0.15) is 41.3 Å². The summed E-state index contributed by atoms with van der Waals surface area (Å²) < 4.78 is 55.1. The molecule has 0 saturated heterocycles. The van der Waals surface area contributed by atoms with Gasteiger partial charge in [-0.25, -0.2) is 4.79 Å². The molecule has 3 aromatic carbocycles. The third kappa shape index (κ3) is 4.55. The van der Waals surface area contributed by atoms with Gasteiger partial charge in [-0.2, -0.15) is 13.2 Å². The average molecular weight is 514 g/mol. The van der Waals surface area contributed by atoms with Gasteiger partial charge in [-0.3, -0.25) is 4.79 Å². The number of esters is 1. The maximum Gasteiger partial charge on any atom is 0.422 e. The fraction of sp³-hybridized carbons (Fsp3) is 0.286. The zero-order chi connectivity index (χ0) is 27.0. The van der Waals surface area contributed by atoms with Crippen molar-refractivity contribution < 1.29 is 37.3 Å². The highest BCUT2D eigenvalue weighted by molar-refractivity contribution is 5.97. The first kappa shape index (κ1) is 26.2. The Morgan fingerprint density at radius 3 is 2.46 bits per heavy atom. The maximum atomic E-state index is 14.9. The molecule has 0 radical (unpaired) electrons. The Labute approximate surface area is 212 Å². The maximum absolute atomic E-state index is 14.9. The Kier molecular flexibility index (Phi) is 7.01. The molecule has 37 heavy (non-hydrogen) atoms. The van der Waals surface area contributed by atoms with E-state index >= 15 is 0 Å². The lowest BCUT2D eigenvalue weighted by atomic mass is 9.74. The van der Waals surface area contributed by atoms with Crippen molar-refractivity contribution in [2.75, 3.05) is 25.2 Å². The molecule has 0 aromatic heterocycles. The van der Waals surface area contributed by atoms with Crippen LogP contribution < -0.4 is 9.64 Å². The number of hydrogen-bond acceptors (Lipinski definition) is 5. The van der Waals surface area contributed by atoms with Crippen LogP contribution in [0.4, 0.5) is 18.9 Å². The van der Waals surface area contributed by atoms with Crippen molar-refractivity contribution in [2.45, 2.75) is 31.5 Å². The summed E-state index contributed by atoms with van der Waals surface area (Å²) >= 11 is 0. The van der Waals surface area contributed by atoms with Gasteiger partial charge in [0.2, 0.25) is 0 Å². The number of anilines is 1. The number of likely N-dealkylation sites (N-methyl/N-ethyl adjacent to an activating group) is 1. The van der Waals surface area contributed by atoms with Gasteiger partial charge in [-0.15, -0.1) is 0 Å². The van der Waals surface area contributed by atoms with Gasteiger partial charge < -0.3 is 19.5 Å². The largest absolute Gasteiger partial charge is 0.482 e. The molecule has 1 aliphatic rings. The van der Waals surface area contributed by atoms with Gasteiger partial charge in [0.05, 0.1) is 17.9 Å². The fourth-order valence-electron chi connectivity index (χ4n) is 4.67. The minimum atomic E-state index is -5.16. The van der Waals surface area contributed by atoms with Gasteiger partial charge in [-0.1, -0.05) is 55.5 Å². The predicted molar refractivity (Wildman–Crippen MR) is 132 cm³/mol. The molecule has 0 spiro atoms. The average Bonchev–Trinajstić information content (AvgIpc) is 2.89. The Morgan fingerprint density at radius 1 is 1.11 bits per heavy atom.